The summed E-state index contributed by atoms with van der Waals surface area (Å²) >= 11 is 0. The van der Waals surface area contributed by atoms with Crippen LogP contribution in [-0.2, 0) is 4.79 Å². The summed E-state index contributed by atoms with van der Waals surface area (Å²) in [5.74, 6) is -1.27. The van der Waals surface area contributed by atoms with Gasteiger partial charge in [0.2, 0.25) is 5.91 Å². The van der Waals surface area contributed by atoms with E-state index in [9.17, 15) is 14.4 Å². The molecule has 7 nitrogen and oxygen atoms in total. The molecule has 3 aromatic rings. The van der Waals surface area contributed by atoms with Crippen molar-refractivity contribution in [3.05, 3.63) is 76.7 Å². The molecule has 1 N–H and O–H groups in total. The van der Waals surface area contributed by atoms with Gasteiger partial charge in [-0.05, 0) is 61.7 Å². The maximum Gasteiger partial charge on any atom is 0.261 e. The number of aromatic nitrogens is 2. The van der Waals surface area contributed by atoms with Crippen molar-refractivity contribution >= 4 is 23.5 Å². The standard InChI is InChI=1S/C24H22N4O3/c1-13-8-18(21-19(9-13)23(30)28(4)24(21)31)15(3)22(29)27-20-6-5-16(12-26-20)17-7-14(2)10-25-11-17/h5-12,15H,1-4H3,(H,26,27,29)/t15-/m0/s1. The number of fused-ring (bicyclic) bond motifs is 1. The van der Waals surface area contributed by atoms with Crippen molar-refractivity contribution in [2.45, 2.75) is 26.7 Å². The van der Waals surface area contributed by atoms with E-state index < -0.39 is 5.92 Å². The number of carbonyl (C=O) groups is 3. The van der Waals surface area contributed by atoms with Crippen LogP contribution >= 0.6 is 0 Å². The molecule has 31 heavy (non-hydrogen) atoms. The largest absolute Gasteiger partial charge is 0.310 e. The van der Waals surface area contributed by atoms with E-state index in [4.69, 9.17) is 0 Å². The van der Waals surface area contributed by atoms with Crippen molar-refractivity contribution in [3.63, 3.8) is 0 Å². The average molecular weight is 414 g/mol. The number of nitrogens with one attached hydrogen (secondary N) is 1. The van der Waals surface area contributed by atoms with Gasteiger partial charge in [-0.15, -0.1) is 0 Å². The van der Waals surface area contributed by atoms with E-state index in [0.29, 0.717) is 22.5 Å². The first-order valence-corrected chi connectivity index (χ1v) is 9.92. The lowest BCUT2D eigenvalue weighted by molar-refractivity contribution is -0.117. The maximum atomic E-state index is 12.9. The number of pyridine rings is 2. The molecule has 1 atom stereocenters. The maximum absolute atomic E-state index is 12.9. The fourth-order valence-electron chi connectivity index (χ4n) is 3.73. The van der Waals surface area contributed by atoms with Crippen LogP contribution in [0.2, 0.25) is 0 Å². The van der Waals surface area contributed by atoms with Crippen LogP contribution in [0.4, 0.5) is 5.82 Å². The molecule has 0 saturated heterocycles. The minimum absolute atomic E-state index is 0.302. The Labute approximate surface area is 180 Å². The van der Waals surface area contributed by atoms with Crippen molar-refractivity contribution < 1.29 is 14.4 Å². The van der Waals surface area contributed by atoms with Crippen LogP contribution in [0.3, 0.4) is 0 Å². The summed E-state index contributed by atoms with van der Waals surface area (Å²) in [5, 5.41) is 2.80. The minimum atomic E-state index is -0.639. The van der Waals surface area contributed by atoms with Gasteiger partial charge in [-0.2, -0.15) is 0 Å². The Morgan fingerprint density at radius 3 is 2.42 bits per heavy atom. The van der Waals surface area contributed by atoms with E-state index in [0.717, 1.165) is 27.2 Å². The summed E-state index contributed by atoms with van der Waals surface area (Å²) in [4.78, 5) is 47.5. The molecule has 1 aliphatic rings. The Morgan fingerprint density at radius 1 is 0.968 bits per heavy atom. The quantitative estimate of drug-likeness (QED) is 0.657. The van der Waals surface area contributed by atoms with Gasteiger partial charge in [0.25, 0.3) is 11.8 Å². The molecule has 1 aromatic carbocycles. The molecular weight excluding hydrogens is 392 g/mol. The second-order valence-corrected chi connectivity index (χ2v) is 7.84. The topological polar surface area (TPSA) is 92.3 Å². The second kappa shape index (κ2) is 7.75. The fraction of sp³-hybridized carbons (Fsp3) is 0.208. The molecule has 1 aliphatic heterocycles. The molecule has 0 fully saturated rings. The van der Waals surface area contributed by atoms with E-state index in [-0.39, 0.29) is 17.7 Å². The van der Waals surface area contributed by atoms with Gasteiger partial charge < -0.3 is 5.32 Å². The van der Waals surface area contributed by atoms with Crippen molar-refractivity contribution in [2.24, 2.45) is 0 Å². The van der Waals surface area contributed by atoms with Crippen LogP contribution in [0.5, 0.6) is 0 Å². The first-order chi connectivity index (χ1) is 14.8. The van der Waals surface area contributed by atoms with Crippen LogP contribution < -0.4 is 5.32 Å². The third-order valence-corrected chi connectivity index (χ3v) is 5.45. The van der Waals surface area contributed by atoms with E-state index in [1.165, 1.54) is 7.05 Å². The number of rotatable bonds is 4. The first-order valence-electron chi connectivity index (χ1n) is 9.92. The molecule has 0 bridgehead atoms. The van der Waals surface area contributed by atoms with Gasteiger partial charge in [-0.25, -0.2) is 4.98 Å². The molecule has 0 unspecified atom stereocenters. The number of anilines is 1. The molecular formula is C24H22N4O3. The highest BCUT2D eigenvalue weighted by Crippen LogP contribution is 2.32. The summed E-state index contributed by atoms with van der Waals surface area (Å²) < 4.78 is 0. The third-order valence-electron chi connectivity index (χ3n) is 5.45. The smallest absolute Gasteiger partial charge is 0.261 e. The van der Waals surface area contributed by atoms with E-state index >= 15 is 0 Å². The predicted octanol–water partition coefficient (Wildman–Crippen LogP) is 3.73. The van der Waals surface area contributed by atoms with Crippen LogP contribution in [0.15, 0.2) is 48.9 Å². The number of benzene rings is 1. The predicted molar refractivity (Wildman–Crippen MR) is 117 cm³/mol. The zero-order valence-corrected chi connectivity index (χ0v) is 17.8. The van der Waals surface area contributed by atoms with Crippen molar-refractivity contribution in [1.82, 2.24) is 14.9 Å². The number of hydrogen-bond donors (Lipinski definition) is 1. The lowest BCUT2D eigenvalue weighted by atomic mass is 9.90. The highest BCUT2D eigenvalue weighted by atomic mass is 16.2. The number of nitrogens with zero attached hydrogens (tertiary/aromatic N) is 3. The van der Waals surface area contributed by atoms with Gasteiger partial charge >= 0.3 is 0 Å². The summed E-state index contributed by atoms with van der Waals surface area (Å²) in [6.45, 7) is 5.52. The first kappa shape index (κ1) is 20.4. The Hall–Kier alpha value is -3.87. The molecule has 3 amide bonds. The number of hydrogen-bond acceptors (Lipinski definition) is 5. The SMILES string of the molecule is Cc1cncc(-c2ccc(NC(=O)[C@@H](C)c3cc(C)cc4c3C(=O)N(C)C4=O)nc2)c1. The lowest BCUT2D eigenvalue weighted by Gasteiger charge is -2.16. The van der Waals surface area contributed by atoms with Crippen LogP contribution in [0.1, 0.15) is 50.2 Å². The van der Waals surface area contributed by atoms with Gasteiger partial charge in [0.15, 0.2) is 0 Å². The molecule has 3 heterocycles. The lowest BCUT2D eigenvalue weighted by Crippen LogP contribution is -2.25. The third kappa shape index (κ3) is 3.70. The molecule has 0 aliphatic carbocycles. The molecule has 0 saturated carbocycles. The minimum Gasteiger partial charge on any atom is -0.310 e. The molecule has 156 valence electrons. The Morgan fingerprint density at radius 2 is 1.74 bits per heavy atom. The van der Waals surface area contributed by atoms with Gasteiger partial charge in [-0.3, -0.25) is 24.3 Å². The Bertz CT molecular complexity index is 1220. The molecule has 2 aromatic heterocycles. The van der Waals surface area contributed by atoms with Crippen LogP contribution in [-0.4, -0.2) is 39.6 Å². The number of aryl methyl sites for hydroxylation is 2. The Balaban J connectivity index is 1.57. The van der Waals surface area contributed by atoms with Gasteiger partial charge in [-0.1, -0.05) is 6.07 Å². The van der Waals surface area contributed by atoms with Crippen molar-refractivity contribution in [2.75, 3.05) is 12.4 Å². The monoisotopic (exact) mass is 414 g/mol. The zero-order valence-electron chi connectivity index (χ0n) is 17.8. The van der Waals surface area contributed by atoms with Crippen molar-refractivity contribution in [1.29, 1.82) is 0 Å². The summed E-state index contributed by atoms with van der Waals surface area (Å²) in [5.41, 5.74) is 4.89. The Kier molecular flexibility index (Phi) is 5.10. The summed E-state index contributed by atoms with van der Waals surface area (Å²) in [6, 6.07) is 9.08. The van der Waals surface area contributed by atoms with Crippen LogP contribution in [0, 0.1) is 13.8 Å². The highest BCUT2D eigenvalue weighted by molar-refractivity contribution is 6.22. The van der Waals surface area contributed by atoms with E-state index in [1.54, 1.807) is 43.7 Å². The average Bonchev–Trinajstić information content (AvgIpc) is 2.97. The van der Waals surface area contributed by atoms with Gasteiger partial charge in [0.05, 0.1) is 17.0 Å². The normalized spacial score (nSPS) is 13.9. The second-order valence-electron chi connectivity index (χ2n) is 7.84. The molecule has 4 rings (SSSR count). The van der Waals surface area contributed by atoms with Crippen LogP contribution in [0.25, 0.3) is 11.1 Å². The molecule has 7 heteroatoms. The fourth-order valence-corrected chi connectivity index (χ4v) is 3.73. The zero-order chi connectivity index (χ0) is 22.3. The summed E-state index contributed by atoms with van der Waals surface area (Å²) in [6.07, 6.45) is 5.22. The van der Waals surface area contributed by atoms with Gasteiger partial charge in [0, 0.05) is 36.8 Å². The van der Waals surface area contributed by atoms with E-state index in [2.05, 4.69) is 15.3 Å². The summed E-state index contributed by atoms with van der Waals surface area (Å²) in [7, 11) is 1.45. The number of amides is 3. The number of carbonyl (C=O) groups excluding carboxylic acids is 3. The molecule has 0 spiro atoms. The van der Waals surface area contributed by atoms with Gasteiger partial charge in [0.1, 0.15) is 5.82 Å². The number of imide groups is 1. The van der Waals surface area contributed by atoms with Crippen molar-refractivity contribution in [3.8, 4) is 11.1 Å². The van der Waals surface area contributed by atoms with E-state index in [1.807, 2.05) is 26.0 Å². The molecule has 0 radical (unpaired) electrons. The highest BCUT2D eigenvalue weighted by Gasteiger charge is 2.37.